The molecule has 4 nitrogen and oxygen atoms in total. The van der Waals surface area contributed by atoms with Gasteiger partial charge in [0, 0.05) is 13.1 Å². The van der Waals surface area contributed by atoms with E-state index in [4.69, 9.17) is 23.2 Å². The molecule has 2 rings (SSSR count). The van der Waals surface area contributed by atoms with E-state index in [1.807, 2.05) is 51.1 Å². The largest absolute Gasteiger partial charge is 0.354 e. The highest BCUT2D eigenvalue weighted by atomic mass is 35.5. The van der Waals surface area contributed by atoms with Crippen LogP contribution in [0.1, 0.15) is 37.5 Å². The molecule has 0 radical (unpaired) electrons. The van der Waals surface area contributed by atoms with E-state index < -0.39 is 6.04 Å². The molecule has 2 aromatic carbocycles. The molecule has 1 atom stereocenters. The number of benzene rings is 2. The Bertz CT molecular complexity index is 868. The van der Waals surface area contributed by atoms with Crippen LogP contribution in [0.2, 0.25) is 10.0 Å². The van der Waals surface area contributed by atoms with Gasteiger partial charge in [-0.05, 0) is 48.6 Å². The summed E-state index contributed by atoms with van der Waals surface area (Å²) in [5.41, 5.74) is 2.82. The fourth-order valence-corrected chi connectivity index (χ4v) is 3.26. The third-order valence-corrected chi connectivity index (χ3v) is 5.53. The number of carbonyl (C=O) groups is 2. The van der Waals surface area contributed by atoms with Crippen LogP contribution in [0.15, 0.2) is 42.5 Å². The third-order valence-electron chi connectivity index (χ3n) is 4.79. The molecule has 0 aliphatic heterocycles. The molecule has 0 heterocycles. The lowest BCUT2D eigenvalue weighted by molar-refractivity contribution is -0.140. The van der Waals surface area contributed by atoms with Gasteiger partial charge in [-0.2, -0.15) is 0 Å². The van der Waals surface area contributed by atoms with E-state index in [0.29, 0.717) is 22.5 Å². The Labute approximate surface area is 183 Å². The number of hydrogen-bond acceptors (Lipinski definition) is 2. The molecule has 2 amide bonds. The molecule has 1 N–H and O–H groups in total. The van der Waals surface area contributed by atoms with Gasteiger partial charge in [0.2, 0.25) is 11.8 Å². The highest BCUT2D eigenvalue weighted by Crippen LogP contribution is 2.24. The van der Waals surface area contributed by atoms with E-state index in [0.717, 1.165) is 16.7 Å². The van der Waals surface area contributed by atoms with Crippen LogP contribution >= 0.6 is 23.2 Å². The normalized spacial score (nSPS) is 12.0. The van der Waals surface area contributed by atoms with Crippen molar-refractivity contribution in [1.82, 2.24) is 10.2 Å². The zero-order valence-corrected chi connectivity index (χ0v) is 18.8. The van der Waals surface area contributed by atoms with Crippen LogP contribution in [0.5, 0.6) is 0 Å². The van der Waals surface area contributed by atoms with Crippen LogP contribution in [-0.2, 0) is 22.6 Å². The predicted octanol–water partition coefficient (Wildman–Crippen LogP) is 5.03. The zero-order valence-electron chi connectivity index (χ0n) is 17.3. The van der Waals surface area contributed by atoms with Gasteiger partial charge < -0.3 is 10.2 Å². The molecule has 0 aliphatic rings. The van der Waals surface area contributed by atoms with E-state index in [-0.39, 0.29) is 24.8 Å². The zero-order chi connectivity index (χ0) is 21.6. The van der Waals surface area contributed by atoms with E-state index in [9.17, 15) is 9.59 Å². The minimum absolute atomic E-state index is 0.113. The van der Waals surface area contributed by atoms with Crippen LogP contribution in [0.25, 0.3) is 0 Å². The Morgan fingerprint density at radius 2 is 1.72 bits per heavy atom. The van der Waals surface area contributed by atoms with Crippen LogP contribution in [0, 0.1) is 12.8 Å². The maximum atomic E-state index is 13.2. The third kappa shape index (κ3) is 6.76. The molecule has 1 unspecified atom stereocenters. The second-order valence-corrected chi connectivity index (χ2v) is 8.50. The van der Waals surface area contributed by atoms with E-state index in [1.165, 1.54) is 0 Å². The minimum Gasteiger partial charge on any atom is -0.354 e. The maximum Gasteiger partial charge on any atom is 0.242 e. The number of aryl methyl sites for hydroxylation is 1. The van der Waals surface area contributed by atoms with Gasteiger partial charge >= 0.3 is 0 Å². The molecular formula is C23H28Cl2N2O2. The number of rotatable bonds is 8. The van der Waals surface area contributed by atoms with Crippen molar-refractivity contribution in [2.75, 3.05) is 6.54 Å². The summed E-state index contributed by atoms with van der Waals surface area (Å²) in [6, 6.07) is 12.4. The molecule has 0 aliphatic carbocycles. The van der Waals surface area contributed by atoms with Crippen LogP contribution in [-0.4, -0.2) is 29.3 Å². The number of nitrogens with zero attached hydrogens (tertiary/aromatic N) is 1. The number of hydrogen-bond donors (Lipinski definition) is 1. The fourth-order valence-electron chi connectivity index (χ4n) is 2.94. The Balaban J connectivity index is 2.25. The molecule has 2 aromatic rings. The second-order valence-electron chi connectivity index (χ2n) is 7.69. The summed E-state index contributed by atoms with van der Waals surface area (Å²) in [5, 5.41) is 3.80. The van der Waals surface area contributed by atoms with Gasteiger partial charge in [0.1, 0.15) is 6.04 Å². The van der Waals surface area contributed by atoms with Crippen molar-refractivity contribution in [1.29, 1.82) is 0 Å². The summed E-state index contributed by atoms with van der Waals surface area (Å²) in [5.74, 6) is 0.0480. The summed E-state index contributed by atoms with van der Waals surface area (Å²) >= 11 is 12.2. The van der Waals surface area contributed by atoms with E-state index in [2.05, 4.69) is 5.32 Å². The monoisotopic (exact) mass is 434 g/mol. The van der Waals surface area contributed by atoms with Crippen molar-refractivity contribution in [3.8, 4) is 0 Å². The molecule has 0 spiro atoms. The summed E-state index contributed by atoms with van der Waals surface area (Å²) < 4.78 is 0. The highest BCUT2D eigenvalue weighted by molar-refractivity contribution is 6.42. The number of amides is 2. The Kier molecular flexibility index (Phi) is 8.54. The SMILES string of the molecule is Cc1ccccc1CC(=O)N(Cc1ccc(Cl)c(Cl)c1)C(C)C(=O)NCC(C)C. The van der Waals surface area contributed by atoms with E-state index in [1.54, 1.807) is 24.0 Å². The molecule has 0 saturated carbocycles. The number of carbonyl (C=O) groups excluding carboxylic acids is 2. The van der Waals surface area contributed by atoms with Gasteiger partial charge in [0.05, 0.1) is 16.5 Å². The molecule has 0 fully saturated rings. The lowest BCUT2D eigenvalue weighted by Gasteiger charge is -2.29. The first-order valence-corrected chi connectivity index (χ1v) is 10.5. The average molecular weight is 435 g/mol. The van der Waals surface area contributed by atoms with Crippen LogP contribution in [0.4, 0.5) is 0 Å². The average Bonchev–Trinajstić information content (AvgIpc) is 2.68. The molecule has 0 aromatic heterocycles. The molecular weight excluding hydrogens is 407 g/mol. The topological polar surface area (TPSA) is 49.4 Å². The van der Waals surface area contributed by atoms with Crippen molar-refractivity contribution < 1.29 is 9.59 Å². The minimum atomic E-state index is -0.611. The first-order chi connectivity index (χ1) is 13.7. The van der Waals surface area contributed by atoms with Gasteiger partial charge in [-0.15, -0.1) is 0 Å². The first-order valence-electron chi connectivity index (χ1n) is 9.74. The van der Waals surface area contributed by atoms with Gasteiger partial charge in [0.15, 0.2) is 0 Å². The number of nitrogens with one attached hydrogen (secondary N) is 1. The van der Waals surface area contributed by atoms with Gasteiger partial charge in [0.25, 0.3) is 0 Å². The lowest BCUT2D eigenvalue weighted by atomic mass is 10.0. The van der Waals surface area contributed by atoms with Crippen molar-refractivity contribution in [3.05, 3.63) is 69.2 Å². The van der Waals surface area contributed by atoms with Crippen molar-refractivity contribution in [3.63, 3.8) is 0 Å². The molecule has 0 bridgehead atoms. The fraction of sp³-hybridized carbons (Fsp3) is 0.391. The van der Waals surface area contributed by atoms with Crippen molar-refractivity contribution in [2.45, 2.75) is 46.7 Å². The molecule has 6 heteroatoms. The standard InChI is InChI=1S/C23H28Cl2N2O2/c1-15(2)13-26-23(29)17(4)27(14-18-9-10-20(24)21(25)11-18)22(28)12-19-8-6-5-7-16(19)3/h5-11,15,17H,12-14H2,1-4H3,(H,26,29). The van der Waals surface area contributed by atoms with Crippen molar-refractivity contribution >= 4 is 35.0 Å². The number of halogens is 2. The van der Waals surface area contributed by atoms with Crippen LogP contribution in [0.3, 0.4) is 0 Å². The quantitative estimate of drug-likeness (QED) is 0.632. The van der Waals surface area contributed by atoms with Crippen LogP contribution < -0.4 is 5.32 Å². The van der Waals surface area contributed by atoms with Gasteiger partial charge in [-0.25, -0.2) is 0 Å². The molecule has 29 heavy (non-hydrogen) atoms. The van der Waals surface area contributed by atoms with Gasteiger partial charge in [-0.1, -0.05) is 67.4 Å². The van der Waals surface area contributed by atoms with Gasteiger partial charge in [-0.3, -0.25) is 9.59 Å². The summed E-state index contributed by atoms with van der Waals surface area (Å²) in [4.78, 5) is 27.5. The van der Waals surface area contributed by atoms with Crippen molar-refractivity contribution in [2.24, 2.45) is 5.92 Å². The first kappa shape index (κ1) is 23.2. The second kappa shape index (κ2) is 10.7. The molecule has 0 saturated heterocycles. The smallest absolute Gasteiger partial charge is 0.242 e. The Morgan fingerprint density at radius 1 is 1.03 bits per heavy atom. The maximum absolute atomic E-state index is 13.2. The van der Waals surface area contributed by atoms with E-state index >= 15 is 0 Å². The lowest BCUT2D eigenvalue weighted by Crippen LogP contribution is -2.48. The Hall–Kier alpha value is -2.04. The summed E-state index contributed by atoms with van der Waals surface area (Å²) in [6.07, 6.45) is 0.232. The Morgan fingerprint density at radius 3 is 2.34 bits per heavy atom. The summed E-state index contributed by atoms with van der Waals surface area (Å²) in [6.45, 7) is 8.63. The summed E-state index contributed by atoms with van der Waals surface area (Å²) in [7, 11) is 0. The molecule has 156 valence electrons. The predicted molar refractivity (Wildman–Crippen MR) is 119 cm³/mol. The highest BCUT2D eigenvalue weighted by Gasteiger charge is 2.26.